The summed E-state index contributed by atoms with van der Waals surface area (Å²) in [6.45, 7) is 12.3. The van der Waals surface area contributed by atoms with Gasteiger partial charge in [-0.3, -0.25) is 4.79 Å². The molecule has 0 aliphatic carbocycles. The Bertz CT molecular complexity index is 692. The van der Waals surface area contributed by atoms with Crippen LogP contribution < -0.4 is 10.2 Å². The molecule has 0 radical (unpaired) electrons. The fourth-order valence-electron chi connectivity index (χ4n) is 3.06. The van der Waals surface area contributed by atoms with Crippen molar-refractivity contribution in [2.24, 2.45) is 0 Å². The highest BCUT2D eigenvalue weighted by atomic mass is 35.5. The summed E-state index contributed by atoms with van der Waals surface area (Å²) in [5.41, 5.74) is 2.75. The molecule has 0 unspecified atom stereocenters. The van der Waals surface area contributed by atoms with Crippen molar-refractivity contribution in [1.82, 2.24) is 10.2 Å². The third-order valence-corrected chi connectivity index (χ3v) is 4.81. The Hall–Kier alpha value is -1.95. The third-order valence-electron chi connectivity index (χ3n) is 4.40. The second-order valence-electron chi connectivity index (χ2n) is 7.92. The van der Waals surface area contributed by atoms with E-state index in [4.69, 9.17) is 16.3 Å². The van der Waals surface area contributed by atoms with Crippen LogP contribution in [0.3, 0.4) is 0 Å². The average molecular weight is 396 g/mol. The SMILES string of the molecule is CC(=O)NCCc1cc(C)c(Cl)cc1N1CCN(C(=O)OC(C)(C)C)CC1. The summed E-state index contributed by atoms with van der Waals surface area (Å²) in [7, 11) is 0. The first-order chi connectivity index (χ1) is 12.6. The second-order valence-corrected chi connectivity index (χ2v) is 8.32. The van der Waals surface area contributed by atoms with Crippen LogP contribution in [0.25, 0.3) is 0 Å². The van der Waals surface area contributed by atoms with Crippen LogP contribution in [0, 0.1) is 6.92 Å². The molecule has 1 N–H and O–H groups in total. The molecule has 27 heavy (non-hydrogen) atoms. The summed E-state index contributed by atoms with van der Waals surface area (Å²) in [6, 6.07) is 4.07. The highest BCUT2D eigenvalue weighted by Gasteiger charge is 2.26. The average Bonchev–Trinajstić information content (AvgIpc) is 2.56. The minimum absolute atomic E-state index is 0.0341. The maximum atomic E-state index is 12.3. The van der Waals surface area contributed by atoms with Crippen molar-refractivity contribution in [3.63, 3.8) is 0 Å². The minimum atomic E-state index is -0.490. The first-order valence-electron chi connectivity index (χ1n) is 9.33. The summed E-state index contributed by atoms with van der Waals surface area (Å²) < 4.78 is 5.46. The number of aryl methyl sites for hydroxylation is 1. The van der Waals surface area contributed by atoms with E-state index in [9.17, 15) is 9.59 Å². The number of amides is 2. The smallest absolute Gasteiger partial charge is 0.410 e. The van der Waals surface area contributed by atoms with Crippen molar-refractivity contribution in [1.29, 1.82) is 0 Å². The van der Waals surface area contributed by atoms with Gasteiger partial charge in [0.1, 0.15) is 5.60 Å². The van der Waals surface area contributed by atoms with Gasteiger partial charge in [-0.1, -0.05) is 17.7 Å². The summed E-state index contributed by atoms with van der Waals surface area (Å²) in [4.78, 5) is 27.4. The molecule has 0 bridgehead atoms. The van der Waals surface area contributed by atoms with Gasteiger partial charge in [0, 0.05) is 50.4 Å². The zero-order valence-electron chi connectivity index (χ0n) is 16.9. The maximum absolute atomic E-state index is 12.3. The Morgan fingerprint density at radius 1 is 1.19 bits per heavy atom. The highest BCUT2D eigenvalue weighted by Crippen LogP contribution is 2.29. The van der Waals surface area contributed by atoms with E-state index >= 15 is 0 Å². The lowest BCUT2D eigenvalue weighted by Crippen LogP contribution is -2.50. The van der Waals surface area contributed by atoms with Crippen molar-refractivity contribution in [2.75, 3.05) is 37.6 Å². The zero-order valence-corrected chi connectivity index (χ0v) is 17.7. The van der Waals surface area contributed by atoms with Gasteiger partial charge in [0.2, 0.25) is 5.91 Å². The number of halogens is 1. The topological polar surface area (TPSA) is 61.9 Å². The van der Waals surface area contributed by atoms with E-state index in [-0.39, 0.29) is 12.0 Å². The van der Waals surface area contributed by atoms with Crippen molar-refractivity contribution >= 4 is 29.3 Å². The van der Waals surface area contributed by atoms with Gasteiger partial charge in [-0.15, -0.1) is 0 Å². The summed E-state index contributed by atoms with van der Waals surface area (Å²) in [6.07, 6.45) is 0.467. The molecule has 2 rings (SSSR count). The third kappa shape index (κ3) is 6.31. The Kier molecular flexibility index (Phi) is 6.98. The molecule has 0 atom stereocenters. The standard InChI is InChI=1S/C20H30ClN3O3/c1-14-12-16(6-7-22-15(2)25)18(13-17(14)21)23-8-10-24(11-9-23)19(26)27-20(3,4)5/h12-13H,6-11H2,1-5H3,(H,22,25). The summed E-state index contributed by atoms with van der Waals surface area (Å²) in [5, 5.41) is 3.57. The summed E-state index contributed by atoms with van der Waals surface area (Å²) in [5.74, 6) is -0.0341. The van der Waals surface area contributed by atoms with Gasteiger partial charge < -0.3 is 19.9 Å². The van der Waals surface area contributed by atoms with Crippen LogP contribution in [0.1, 0.15) is 38.8 Å². The van der Waals surface area contributed by atoms with Gasteiger partial charge in [-0.25, -0.2) is 4.79 Å². The molecule has 1 saturated heterocycles. The monoisotopic (exact) mass is 395 g/mol. The molecule has 6 nitrogen and oxygen atoms in total. The molecular formula is C20H30ClN3O3. The number of piperazine rings is 1. The number of carbonyl (C=O) groups is 2. The van der Waals surface area contributed by atoms with Crippen LogP contribution in [0.4, 0.5) is 10.5 Å². The fraction of sp³-hybridized carbons (Fsp3) is 0.600. The molecule has 2 amide bonds. The number of nitrogens with one attached hydrogen (secondary N) is 1. The number of anilines is 1. The van der Waals surface area contributed by atoms with Gasteiger partial charge in [0.25, 0.3) is 0 Å². The van der Waals surface area contributed by atoms with E-state index in [0.717, 1.165) is 28.3 Å². The van der Waals surface area contributed by atoms with E-state index in [1.165, 1.54) is 6.92 Å². The van der Waals surface area contributed by atoms with E-state index in [1.807, 2.05) is 33.8 Å². The molecule has 150 valence electrons. The minimum Gasteiger partial charge on any atom is -0.444 e. The first-order valence-corrected chi connectivity index (χ1v) is 9.71. The Morgan fingerprint density at radius 2 is 1.81 bits per heavy atom. The predicted molar refractivity (Wildman–Crippen MR) is 109 cm³/mol. The molecule has 1 aliphatic rings. The van der Waals surface area contributed by atoms with Crippen LogP contribution in [-0.4, -0.2) is 55.2 Å². The summed E-state index contributed by atoms with van der Waals surface area (Å²) >= 11 is 6.36. The molecule has 0 spiro atoms. The molecule has 1 heterocycles. The van der Waals surface area contributed by atoms with Gasteiger partial charge >= 0.3 is 6.09 Å². The van der Waals surface area contributed by atoms with E-state index in [2.05, 4.69) is 16.3 Å². The Balaban J connectivity index is 2.07. The molecule has 1 aromatic carbocycles. The number of nitrogens with zero attached hydrogens (tertiary/aromatic N) is 2. The molecule has 7 heteroatoms. The van der Waals surface area contributed by atoms with Crippen LogP contribution in [-0.2, 0) is 16.0 Å². The normalized spacial score (nSPS) is 14.9. The number of ether oxygens (including phenoxy) is 1. The molecule has 1 fully saturated rings. The molecular weight excluding hydrogens is 366 g/mol. The second kappa shape index (κ2) is 8.83. The van der Waals surface area contributed by atoms with Crippen molar-refractivity contribution < 1.29 is 14.3 Å². The predicted octanol–water partition coefficient (Wildman–Crippen LogP) is 3.38. The quantitative estimate of drug-likeness (QED) is 0.848. The number of rotatable bonds is 4. The zero-order chi connectivity index (χ0) is 20.2. The van der Waals surface area contributed by atoms with Crippen LogP contribution in [0.15, 0.2) is 12.1 Å². The molecule has 0 aromatic heterocycles. The van der Waals surface area contributed by atoms with Crippen LogP contribution >= 0.6 is 11.6 Å². The molecule has 0 saturated carbocycles. The largest absolute Gasteiger partial charge is 0.444 e. The molecule has 1 aromatic rings. The lowest BCUT2D eigenvalue weighted by Gasteiger charge is -2.37. The highest BCUT2D eigenvalue weighted by molar-refractivity contribution is 6.31. The molecule has 1 aliphatic heterocycles. The number of benzene rings is 1. The number of carbonyl (C=O) groups excluding carboxylic acids is 2. The number of hydrogen-bond acceptors (Lipinski definition) is 4. The van der Waals surface area contributed by atoms with Gasteiger partial charge in [-0.2, -0.15) is 0 Å². The Labute approximate surface area is 166 Å². The van der Waals surface area contributed by atoms with Gasteiger partial charge in [0.05, 0.1) is 0 Å². The van der Waals surface area contributed by atoms with Crippen molar-refractivity contribution in [2.45, 2.75) is 46.6 Å². The van der Waals surface area contributed by atoms with Gasteiger partial charge in [0.15, 0.2) is 0 Å². The van der Waals surface area contributed by atoms with E-state index < -0.39 is 5.60 Å². The van der Waals surface area contributed by atoms with Gasteiger partial charge in [-0.05, 0) is 51.3 Å². The first kappa shape index (κ1) is 21.4. The number of hydrogen-bond donors (Lipinski definition) is 1. The lowest BCUT2D eigenvalue weighted by atomic mass is 10.0. The maximum Gasteiger partial charge on any atom is 0.410 e. The van der Waals surface area contributed by atoms with E-state index in [0.29, 0.717) is 32.7 Å². The van der Waals surface area contributed by atoms with Crippen molar-refractivity contribution in [3.05, 3.63) is 28.3 Å². The fourth-order valence-corrected chi connectivity index (χ4v) is 3.21. The van der Waals surface area contributed by atoms with E-state index in [1.54, 1.807) is 4.90 Å². The van der Waals surface area contributed by atoms with Crippen LogP contribution in [0.5, 0.6) is 0 Å². The van der Waals surface area contributed by atoms with Crippen molar-refractivity contribution in [3.8, 4) is 0 Å². The lowest BCUT2D eigenvalue weighted by molar-refractivity contribution is -0.118. The Morgan fingerprint density at radius 3 is 2.37 bits per heavy atom. The van der Waals surface area contributed by atoms with Crippen LogP contribution in [0.2, 0.25) is 5.02 Å².